The lowest BCUT2D eigenvalue weighted by molar-refractivity contribution is 0.0753. The number of nitrogens with zero attached hydrogens (tertiary/aromatic N) is 4. The molecular weight excluding hydrogens is 625 g/mol. The Balaban J connectivity index is 1.54. The minimum absolute atomic E-state index is 0.0856. The van der Waals surface area contributed by atoms with Crippen LogP contribution in [-0.2, 0) is 38.9 Å². The summed E-state index contributed by atoms with van der Waals surface area (Å²) in [5.74, 6) is 0.715. The zero-order valence-electron chi connectivity index (χ0n) is 27.3. The van der Waals surface area contributed by atoms with E-state index in [0.717, 1.165) is 61.0 Å². The maximum atomic E-state index is 14.4. The Labute approximate surface area is 273 Å². The number of benzene rings is 1. The summed E-state index contributed by atoms with van der Waals surface area (Å²) in [7, 11) is -2.56. The number of pyridine rings is 2. The zero-order chi connectivity index (χ0) is 33.2. The number of thiophene rings is 1. The van der Waals surface area contributed by atoms with Crippen LogP contribution in [0.4, 0.5) is 5.82 Å². The molecule has 1 aromatic carbocycles. The molecule has 0 unspecified atom stereocenters. The van der Waals surface area contributed by atoms with E-state index >= 15 is 0 Å². The van der Waals surface area contributed by atoms with Crippen molar-refractivity contribution in [3.05, 3.63) is 91.5 Å². The molecule has 5 rings (SSSR count). The van der Waals surface area contributed by atoms with Gasteiger partial charge in [0.15, 0.2) is 5.82 Å². The van der Waals surface area contributed by atoms with Gasteiger partial charge in [-0.25, -0.2) is 12.7 Å². The number of rotatable bonds is 13. The molecule has 244 valence electrons. The summed E-state index contributed by atoms with van der Waals surface area (Å²) in [6.07, 6.45) is 1.55. The molecule has 0 saturated carbocycles. The molecule has 4 heterocycles. The molecule has 12 heteroatoms. The third-order valence-electron chi connectivity index (χ3n) is 8.09. The molecule has 4 aromatic heterocycles. The van der Waals surface area contributed by atoms with Gasteiger partial charge in [-0.3, -0.25) is 9.78 Å². The molecule has 10 nitrogen and oxygen atoms in total. The first-order chi connectivity index (χ1) is 22.0. The SMILES string of the molecule is CCc1cc2c(ccc(=O)n2Cc2ccc(-c3cc(C)sc3S(=O)(=O)N(COCCOC)c3noc(C)c3C)c(C)c2)c(CC)n1. The van der Waals surface area contributed by atoms with Crippen molar-refractivity contribution in [2.45, 2.75) is 65.1 Å². The van der Waals surface area contributed by atoms with Gasteiger partial charge in [-0.15, -0.1) is 11.3 Å². The Morgan fingerprint density at radius 3 is 2.41 bits per heavy atom. The van der Waals surface area contributed by atoms with Gasteiger partial charge < -0.3 is 18.6 Å². The standard InChI is InChI=1S/C34H40N4O6S2/c1-8-26-18-31-28(30(9-2)35-26)12-13-32(39)37(31)19-25-10-11-27(21(3)16-25)29-17-22(4)45-34(29)46(40,41)38(20-43-15-14-42-7)33-23(5)24(6)44-36-33/h10-13,16-18H,8-9,14-15,19-20H2,1-7H3. The van der Waals surface area contributed by atoms with Gasteiger partial charge in [0, 0.05) is 46.0 Å². The van der Waals surface area contributed by atoms with Crippen molar-refractivity contribution in [1.82, 2.24) is 14.7 Å². The smallest absolute Gasteiger partial charge is 0.277 e. The van der Waals surface area contributed by atoms with Crippen LogP contribution in [0.5, 0.6) is 0 Å². The van der Waals surface area contributed by atoms with E-state index in [1.54, 1.807) is 31.6 Å². The van der Waals surface area contributed by atoms with Crippen molar-refractivity contribution in [3.63, 3.8) is 0 Å². The second kappa shape index (κ2) is 13.9. The fraction of sp³-hybridized carbons (Fsp3) is 0.382. The maximum absolute atomic E-state index is 14.4. The van der Waals surface area contributed by atoms with Crippen LogP contribution in [0.25, 0.3) is 22.0 Å². The van der Waals surface area contributed by atoms with Crippen molar-refractivity contribution >= 4 is 38.1 Å². The number of aryl methyl sites for hydroxylation is 5. The van der Waals surface area contributed by atoms with Gasteiger partial charge in [0.2, 0.25) is 0 Å². The predicted octanol–water partition coefficient (Wildman–Crippen LogP) is 6.34. The van der Waals surface area contributed by atoms with Crippen LogP contribution in [-0.4, -0.2) is 50.2 Å². The van der Waals surface area contributed by atoms with Gasteiger partial charge >= 0.3 is 0 Å². The van der Waals surface area contributed by atoms with Gasteiger partial charge in [-0.1, -0.05) is 37.2 Å². The second-order valence-corrected chi connectivity index (χ2v) is 14.6. The highest BCUT2D eigenvalue weighted by Crippen LogP contribution is 2.40. The van der Waals surface area contributed by atoms with Crippen LogP contribution >= 0.6 is 11.3 Å². The quantitative estimate of drug-likeness (QED) is 0.106. The number of sulfonamides is 1. The normalized spacial score (nSPS) is 11.9. The summed E-state index contributed by atoms with van der Waals surface area (Å²) in [5, 5.41) is 5.04. The van der Waals surface area contributed by atoms with Crippen molar-refractivity contribution in [1.29, 1.82) is 0 Å². The first-order valence-electron chi connectivity index (χ1n) is 15.2. The molecule has 0 bridgehead atoms. The highest BCUT2D eigenvalue weighted by molar-refractivity contribution is 7.95. The summed E-state index contributed by atoms with van der Waals surface area (Å²) < 4.78 is 47.9. The summed E-state index contributed by atoms with van der Waals surface area (Å²) >= 11 is 1.20. The highest BCUT2D eigenvalue weighted by Gasteiger charge is 2.34. The first kappa shape index (κ1) is 33.5. The van der Waals surface area contributed by atoms with E-state index in [2.05, 4.69) is 19.0 Å². The van der Waals surface area contributed by atoms with Crippen molar-refractivity contribution in [2.75, 3.05) is 31.4 Å². The Hall–Kier alpha value is -3.84. The average molecular weight is 665 g/mol. The van der Waals surface area contributed by atoms with Gasteiger partial charge in [-0.05, 0) is 75.4 Å². The number of aromatic nitrogens is 3. The zero-order valence-corrected chi connectivity index (χ0v) is 29.0. The van der Waals surface area contributed by atoms with E-state index in [1.807, 2.05) is 50.2 Å². The largest absolute Gasteiger partial charge is 0.382 e. The van der Waals surface area contributed by atoms with Gasteiger partial charge in [-0.2, -0.15) is 0 Å². The van der Waals surface area contributed by atoms with Crippen molar-refractivity contribution < 1.29 is 22.4 Å². The van der Waals surface area contributed by atoms with Crippen LogP contribution in [0.3, 0.4) is 0 Å². The van der Waals surface area contributed by atoms with E-state index in [1.165, 1.54) is 11.3 Å². The van der Waals surface area contributed by atoms with E-state index < -0.39 is 10.0 Å². The van der Waals surface area contributed by atoms with Crippen LogP contribution in [0.1, 0.15) is 52.6 Å². The number of hydrogen-bond acceptors (Lipinski definition) is 9. The van der Waals surface area contributed by atoms with Crippen molar-refractivity contribution in [2.24, 2.45) is 0 Å². The number of methoxy groups -OCH3 is 1. The van der Waals surface area contributed by atoms with Gasteiger partial charge in [0.1, 0.15) is 16.7 Å². The Bertz CT molecular complexity index is 2040. The average Bonchev–Trinajstić information content (AvgIpc) is 3.59. The Morgan fingerprint density at radius 1 is 0.978 bits per heavy atom. The third-order valence-corrected chi connectivity index (χ3v) is 11.4. The minimum atomic E-state index is -4.11. The van der Waals surface area contributed by atoms with E-state index in [9.17, 15) is 13.2 Å². The Kier molecular flexibility index (Phi) is 10.1. The summed E-state index contributed by atoms with van der Waals surface area (Å²) in [4.78, 5) is 18.8. The van der Waals surface area contributed by atoms with Gasteiger partial charge in [0.05, 0.1) is 25.3 Å². The second-order valence-electron chi connectivity index (χ2n) is 11.2. The van der Waals surface area contributed by atoms with E-state index in [0.29, 0.717) is 30.0 Å². The highest BCUT2D eigenvalue weighted by atomic mass is 32.2. The first-order valence-corrected chi connectivity index (χ1v) is 17.5. The monoisotopic (exact) mass is 664 g/mol. The molecular formula is C34H40N4O6S2. The van der Waals surface area contributed by atoms with Crippen LogP contribution in [0, 0.1) is 27.7 Å². The number of ether oxygens (including phenoxy) is 2. The molecule has 0 fully saturated rings. The number of fused-ring (bicyclic) bond motifs is 1. The van der Waals surface area contributed by atoms with Crippen LogP contribution in [0.15, 0.2) is 56.0 Å². The lowest BCUT2D eigenvalue weighted by Crippen LogP contribution is -2.34. The third kappa shape index (κ3) is 6.52. The molecule has 0 aliphatic rings. The molecule has 0 aliphatic heterocycles. The molecule has 0 N–H and O–H groups in total. The summed E-state index contributed by atoms with van der Waals surface area (Å²) in [5.41, 5.74) is 6.53. The number of hydrogen-bond donors (Lipinski definition) is 0. The molecule has 0 spiro atoms. The number of anilines is 1. The predicted molar refractivity (Wildman–Crippen MR) is 181 cm³/mol. The summed E-state index contributed by atoms with van der Waals surface area (Å²) in [6.45, 7) is 12.1. The lowest BCUT2D eigenvalue weighted by Gasteiger charge is -2.22. The molecule has 46 heavy (non-hydrogen) atoms. The fourth-order valence-corrected chi connectivity index (χ4v) is 8.58. The summed E-state index contributed by atoms with van der Waals surface area (Å²) in [6, 6.07) is 13.3. The lowest BCUT2D eigenvalue weighted by atomic mass is 10.00. The molecule has 0 amide bonds. The van der Waals surface area contributed by atoms with Gasteiger partial charge in [0.25, 0.3) is 15.6 Å². The van der Waals surface area contributed by atoms with E-state index in [4.69, 9.17) is 19.0 Å². The maximum Gasteiger partial charge on any atom is 0.277 e. The van der Waals surface area contributed by atoms with Crippen LogP contribution in [0.2, 0.25) is 0 Å². The van der Waals surface area contributed by atoms with E-state index in [-0.39, 0.29) is 28.9 Å². The fourth-order valence-electron chi connectivity index (χ4n) is 5.49. The topological polar surface area (TPSA) is 117 Å². The van der Waals surface area contributed by atoms with Crippen LogP contribution < -0.4 is 9.86 Å². The Morgan fingerprint density at radius 2 is 1.76 bits per heavy atom. The molecule has 0 atom stereocenters. The minimum Gasteiger partial charge on any atom is -0.382 e. The molecule has 0 aliphatic carbocycles. The molecule has 0 radical (unpaired) electrons. The molecule has 0 saturated heterocycles. The molecule has 5 aromatic rings. The van der Waals surface area contributed by atoms with Crippen molar-refractivity contribution in [3.8, 4) is 11.1 Å².